The van der Waals surface area contributed by atoms with E-state index >= 15 is 0 Å². The fourth-order valence-electron chi connectivity index (χ4n) is 13.4. The fourth-order valence-corrected chi connectivity index (χ4v) is 15.0. The van der Waals surface area contributed by atoms with Gasteiger partial charge in [-0.2, -0.15) is 0 Å². The van der Waals surface area contributed by atoms with E-state index in [1.54, 1.807) is 0 Å². The molecular weight excluding hydrogens is 1370 g/mol. The summed E-state index contributed by atoms with van der Waals surface area (Å²) in [7, 11) is -9.93. The van der Waals surface area contributed by atoms with Crippen molar-refractivity contribution in [3.63, 3.8) is 0 Å². The molecule has 5 atom stereocenters. The maximum atomic E-state index is 13.1. The van der Waals surface area contributed by atoms with E-state index in [-0.39, 0.29) is 25.7 Å². The number of phosphoric ester groups is 2. The van der Waals surface area contributed by atoms with Crippen molar-refractivity contribution in [1.29, 1.82) is 0 Å². The Hall–Kier alpha value is -1.94. The molecule has 0 aliphatic carbocycles. The van der Waals surface area contributed by atoms with Gasteiger partial charge in [-0.05, 0) is 37.5 Å². The average molecular weight is 1540 g/mol. The molecule has 0 aliphatic rings. The summed E-state index contributed by atoms with van der Waals surface area (Å²) in [6, 6.07) is 0. The molecule has 17 nitrogen and oxygen atoms in total. The molecule has 0 heterocycles. The van der Waals surface area contributed by atoms with Gasteiger partial charge >= 0.3 is 39.5 Å². The van der Waals surface area contributed by atoms with Gasteiger partial charge in [0, 0.05) is 25.7 Å². The van der Waals surface area contributed by atoms with E-state index in [1.165, 1.54) is 270 Å². The Kier molecular flexibility index (Phi) is 76.0. The van der Waals surface area contributed by atoms with E-state index in [9.17, 15) is 43.2 Å². The van der Waals surface area contributed by atoms with Crippen LogP contribution < -0.4 is 0 Å². The van der Waals surface area contributed by atoms with Crippen LogP contribution in [0.4, 0.5) is 0 Å². The number of carbonyl (C=O) groups is 4. The van der Waals surface area contributed by atoms with E-state index in [4.69, 9.17) is 37.0 Å². The first-order chi connectivity index (χ1) is 50.9. The predicted molar refractivity (Wildman–Crippen MR) is 432 cm³/mol. The topological polar surface area (TPSA) is 237 Å². The van der Waals surface area contributed by atoms with Crippen LogP contribution in [0.1, 0.15) is 459 Å². The summed E-state index contributed by atoms with van der Waals surface area (Å²) in [5.41, 5.74) is 0. The molecular formula is C86H168O17P2. The van der Waals surface area contributed by atoms with E-state index in [1.807, 2.05) is 0 Å². The zero-order chi connectivity index (χ0) is 77.1. The number of carbonyl (C=O) groups excluding carboxylic acids is 4. The third kappa shape index (κ3) is 79.9. The Labute approximate surface area is 645 Å². The van der Waals surface area contributed by atoms with Gasteiger partial charge in [-0.25, -0.2) is 9.13 Å². The maximum absolute atomic E-state index is 13.1. The number of rotatable bonds is 85. The number of esters is 4. The smallest absolute Gasteiger partial charge is 0.462 e. The first-order valence-corrected chi connectivity index (χ1v) is 47.5. The molecule has 19 heteroatoms. The lowest BCUT2D eigenvalue weighted by molar-refractivity contribution is -0.161. The molecule has 2 unspecified atom stereocenters. The van der Waals surface area contributed by atoms with Gasteiger partial charge in [-0.1, -0.05) is 408 Å². The van der Waals surface area contributed by atoms with E-state index in [0.717, 1.165) is 102 Å². The average Bonchev–Trinajstić information content (AvgIpc) is 0.923. The molecule has 0 amide bonds. The zero-order valence-electron chi connectivity index (χ0n) is 69.0. The second-order valence-electron chi connectivity index (χ2n) is 31.9. The third-order valence-electron chi connectivity index (χ3n) is 20.2. The van der Waals surface area contributed by atoms with E-state index < -0.39 is 97.5 Å². The molecule has 0 bridgehead atoms. The van der Waals surface area contributed by atoms with Gasteiger partial charge in [0.15, 0.2) is 12.2 Å². The second kappa shape index (κ2) is 77.4. The van der Waals surface area contributed by atoms with Crippen molar-refractivity contribution in [3.8, 4) is 0 Å². The Morgan fingerprint density at radius 1 is 0.257 bits per heavy atom. The van der Waals surface area contributed by atoms with Crippen LogP contribution in [0.15, 0.2) is 0 Å². The molecule has 105 heavy (non-hydrogen) atoms. The van der Waals surface area contributed by atoms with E-state index in [0.29, 0.717) is 31.6 Å². The summed E-state index contributed by atoms with van der Waals surface area (Å²) < 4.78 is 68.8. The van der Waals surface area contributed by atoms with Crippen LogP contribution in [0.25, 0.3) is 0 Å². The van der Waals surface area contributed by atoms with Gasteiger partial charge in [0.25, 0.3) is 0 Å². The van der Waals surface area contributed by atoms with Crippen molar-refractivity contribution in [3.05, 3.63) is 0 Å². The maximum Gasteiger partial charge on any atom is 0.472 e. The van der Waals surface area contributed by atoms with Crippen molar-refractivity contribution < 1.29 is 80.2 Å². The Balaban J connectivity index is 5.20. The quantitative estimate of drug-likeness (QED) is 0.0222. The number of hydrogen-bond donors (Lipinski definition) is 3. The highest BCUT2D eigenvalue weighted by Crippen LogP contribution is 2.45. The lowest BCUT2D eigenvalue weighted by atomic mass is 10.0. The number of aliphatic hydroxyl groups is 1. The first kappa shape index (κ1) is 103. The third-order valence-corrected chi connectivity index (χ3v) is 22.1. The van der Waals surface area contributed by atoms with Crippen LogP contribution in [-0.2, 0) is 65.4 Å². The van der Waals surface area contributed by atoms with Crippen molar-refractivity contribution in [1.82, 2.24) is 0 Å². The minimum Gasteiger partial charge on any atom is -0.462 e. The zero-order valence-corrected chi connectivity index (χ0v) is 70.8. The molecule has 0 aromatic carbocycles. The van der Waals surface area contributed by atoms with Gasteiger partial charge in [-0.15, -0.1) is 0 Å². The van der Waals surface area contributed by atoms with Crippen LogP contribution in [0.5, 0.6) is 0 Å². The molecule has 0 saturated heterocycles. The number of hydrogen-bond acceptors (Lipinski definition) is 15. The molecule has 3 N–H and O–H groups in total. The summed E-state index contributed by atoms with van der Waals surface area (Å²) >= 11 is 0. The first-order valence-electron chi connectivity index (χ1n) is 44.5. The lowest BCUT2D eigenvalue weighted by Gasteiger charge is -2.21. The molecule has 0 fully saturated rings. The molecule has 0 aromatic heterocycles. The highest BCUT2D eigenvalue weighted by Gasteiger charge is 2.30. The Morgan fingerprint density at radius 2 is 0.438 bits per heavy atom. The fraction of sp³-hybridized carbons (Fsp3) is 0.953. The summed E-state index contributed by atoms with van der Waals surface area (Å²) in [6.07, 6.45) is 69.7. The van der Waals surface area contributed by atoms with Crippen LogP contribution in [0.2, 0.25) is 0 Å². The molecule has 0 saturated carbocycles. The van der Waals surface area contributed by atoms with Gasteiger partial charge in [-0.3, -0.25) is 37.3 Å². The van der Waals surface area contributed by atoms with Gasteiger partial charge < -0.3 is 33.8 Å². The molecule has 624 valence electrons. The minimum atomic E-state index is -4.97. The van der Waals surface area contributed by atoms with Crippen LogP contribution in [0, 0.1) is 11.8 Å². The standard InChI is InChI=1S/C86H168O17P2/c1-7-9-11-13-15-17-19-21-23-25-26-27-28-29-30-34-39-43-47-51-59-65-70-85(90)102-81(74-96-83(88)68-62-56-49-45-41-37-35-31-32-36-40-44-48-54-60-66-78(3)4)76-100-104(92,93)98-72-80(87)73-99-105(94,95)101-77-82(75-97-84(89)69-63-57-53-52-55-61-67-79(5)6)103-86(91)71-64-58-50-46-42-38-33-24-22-20-18-16-14-12-10-8-2/h78-82,87H,7-77H2,1-6H3,(H,92,93)(H,94,95)/t80-,81-,82-/m1/s1. The van der Waals surface area contributed by atoms with Crippen molar-refractivity contribution >= 4 is 39.5 Å². The number of ether oxygens (including phenoxy) is 4. The molecule has 0 spiro atoms. The lowest BCUT2D eigenvalue weighted by Crippen LogP contribution is -2.30. The molecule has 0 rings (SSSR count). The monoisotopic (exact) mass is 1540 g/mol. The van der Waals surface area contributed by atoms with E-state index in [2.05, 4.69) is 41.5 Å². The Bertz CT molecular complexity index is 2010. The van der Waals surface area contributed by atoms with Crippen LogP contribution >= 0.6 is 15.6 Å². The number of aliphatic hydroxyl groups excluding tert-OH is 1. The van der Waals surface area contributed by atoms with Crippen molar-refractivity contribution in [2.24, 2.45) is 11.8 Å². The number of phosphoric acid groups is 2. The normalized spacial score (nSPS) is 13.8. The second-order valence-corrected chi connectivity index (χ2v) is 34.8. The molecule has 0 radical (unpaired) electrons. The van der Waals surface area contributed by atoms with Crippen LogP contribution in [0.3, 0.4) is 0 Å². The summed E-state index contributed by atoms with van der Waals surface area (Å²) in [5, 5.41) is 10.7. The summed E-state index contributed by atoms with van der Waals surface area (Å²) in [4.78, 5) is 73.2. The highest BCUT2D eigenvalue weighted by molar-refractivity contribution is 7.47. The minimum absolute atomic E-state index is 0.108. The highest BCUT2D eigenvalue weighted by atomic mass is 31.2. The van der Waals surface area contributed by atoms with Crippen molar-refractivity contribution in [2.45, 2.75) is 477 Å². The molecule has 0 aromatic rings. The van der Waals surface area contributed by atoms with Gasteiger partial charge in [0.05, 0.1) is 26.4 Å². The Morgan fingerprint density at radius 3 is 0.648 bits per heavy atom. The largest absolute Gasteiger partial charge is 0.472 e. The SMILES string of the molecule is CCCCCCCCCCCCCCCCCCCCCCCCC(=O)O[C@H](COC(=O)CCCCCCCCCCCCCCCCCC(C)C)COP(=O)(O)OC[C@@H](O)COP(=O)(O)OC[C@@H](COC(=O)CCCCCCCCC(C)C)OC(=O)CCCCCCCCCCCCCCCCCC. The van der Waals surface area contributed by atoms with Gasteiger partial charge in [0.2, 0.25) is 0 Å². The summed E-state index contributed by atoms with van der Waals surface area (Å²) in [6.45, 7) is 9.61. The predicted octanol–water partition coefficient (Wildman–Crippen LogP) is 26.2. The van der Waals surface area contributed by atoms with Crippen LogP contribution in [-0.4, -0.2) is 96.7 Å². The number of unbranched alkanes of at least 4 members (excludes halogenated alkanes) is 55. The van der Waals surface area contributed by atoms with Gasteiger partial charge in [0.1, 0.15) is 19.3 Å². The van der Waals surface area contributed by atoms with Crippen molar-refractivity contribution in [2.75, 3.05) is 39.6 Å². The summed E-state index contributed by atoms with van der Waals surface area (Å²) in [5.74, 6) is -0.619. The molecule has 0 aliphatic heterocycles.